The van der Waals surface area contributed by atoms with Gasteiger partial charge in [-0.05, 0) is 94.0 Å². The molecule has 3 fully saturated rings. The monoisotopic (exact) mass is 970 g/mol. The maximum Gasteiger partial charge on any atom is 0.339 e. The minimum atomic E-state index is -2.01. The average molecular weight is 970 g/mol. The number of carbonyl (C=O) groups is 5. The van der Waals surface area contributed by atoms with Crippen molar-refractivity contribution >= 4 is 29.5 Å². The van der Waals surface area contributed by atoms with E-state index in [2.05, 4.69) is 0 Å². The van der Waals surface area contributed by atoms with E-state index in [0.717, 1.165) is 0 Å². The summed E-state index contributed by atoms with van der Waals surface area (Å²) in [6.07, 6.45) is -9.68. The third kappa shape index (κ3) is 13.6. The number of carboxylic acid groups (broad SMARTS) is 1. The van der Waals surface area contributed by atoms with E-state index < -0.39 is 125 Å². The highest BCUT2D eigenvalue weighted by atomic mass is 16.7. The van der Waals surface area contributed by atoms with Crippen molar-refractivity contribution in [3.63, 3.8) is 0 Å². The van der Waals surface area contributed by atoms with E-state index in [0.29, 0.717) is 6.42 Å². The number of nitrogens with zero attached hydrogens (tertiary/aromatic N) is 1. The van der Waals surface area contributed by atoms with Crippen molar-refractivity contribution in [3.8, 4) is 5.75 Å². The van der Waals surface area contributed by atoms with Crippen molar-refractivity contribution in [2.24, 2.45) is 23.7 Å². The number of hydrogen-bond acceptors (Lipinski definition) is 18. The Bertz CT molecular complexity index is 1860. The lowest BCUT2D eigenvalue weighted by Gasteiger charge is -2.49. The smallest absolute Gasteiger partial charge is 0.339 e. The number of Topliss-reactive ketones (excluding diaryl/α,β-unsaturated/α-hetero) is 2. The highest BCUT2D eigenvalue weighted by Crippen LogP contribution is 2.41. The van der Waals surface area contributed by atoms with Gasteiger partial charge in [0.2, 0.25) is 0 Å². The first-order valence-electron chi connectivity index (χ1n) is 23.5. The lowest BCUT2D eigenvalue weighted by molar-refractivity contribution is -0.319. The normalized spacial score (nSPS) is 39.7. The lowest BCUT2D eigenvalue weighted by atomic mass is 9.74. The maximum absolute atomic E-state index is 14.2. The summed E-state index contributed by atoms with van der Waals surface area (Å²) in [5.41, 5.74) is -5.15. The van der Waals surface area contributed by atoms with Gasteiger partial charge < -0.3 is 68.7 Å². The molecule has 18 atom stereocenters. The van der Waals surface area contributed by atoms with Crippen LogP contribution in [0.5, 0.6) is 5.75 Å². The molecule has 0 bridgehead atoms. The number of cyclic esters (lactones) is 1. The second-order valence-corrected chi connectivity index (χ2v) is 19.9. The molecule has 3 saturated heterocycles. The van der Waals surface area contributed by atoms with Crippen LogP contribution in [0.3, 0.4) is 0 Å². The Hall–Kier alpha value is -3.63. The quantitative estimate of drug-likeness (QED) is 0.135. The summed E-state index contributed by atoms with van der Waals surface area (Å²) in [6.45, 7) is 19.3. The second-order valence-electron chi connectivity index (χ2n) is 19.9. The van der Waals surface area contributed by atoms with Crippen LogP contribution < -0.4 is 0 Å². The molecule has 19 nitrogen and oxygen atoms in total. The Labute approximate surface area is 400 Å². The number of aliphatic hydroxyl groups excluding tert-OH is 2. The minimum absolute atomic E-state index is 0.0277. The maximum atomic E-state index is 14.2. The van der Waals surface area contributed by atoms with Crippen molar-refractivity contribution in [1.82, 2.24) is 4.90 Å². The number of methoxy groups -OCH3 is 1. The number of ether oxygens (including phenoxy) is 7. The van der Waals surface area contributed by atoms with E-state index in [9.17, 15) is 49.5 Å². The van der Waals surface area contributed by atoms with Crippen LogP contribution in [0.15, 0.2) is 18.2 Å². The number of carbonyl (C=O) groups excluding carboxylic acids is 4. The second kappa shape index (κ2) is 24.0. The van der Waals surface area contributed by atoms with Gasteiger partial charge >= 0.3 is 17.9 Å². The third-order valence-corrected chi connectivity index (χ3v) is 14.0. The predicted molar refractivity (Wildman–Crippen MR) is 245 cm³/mol. The number of rotatable bonds is 11. The summed E-state index contributed by atoms with van der Waals surface area (Å²) in [4.78, 5) is 64.3. The number of aliphatic hydroxyl groups is 4. The fourth-order valence-electron chi connectivity index (χ4n) is 9.76. The Kier molecular flexibility index (Phi) is 20.7. The molecule has 0 unspecified atom stereocenters. The van der Waals surface area contributed by atoms with Gasteiger partial charge in [0.1, 0.15) is 34.9 Å². The number of carboxylic acids is 1. The number of aromatic carboxylic acids is 1. The van der Waals surface area contributed by atoms with Crippen LogP contribution in [0.1, 0.15) is 136 Å². The topological polar surface area (TPSA) is 275 Å². The molecule has 3 aliphatic heterocycles. The molecule has 19 heteroatoms. The summed E-state index contributed by atoms with van der Waals surface area (Å²) in [7, 11) is 5.21. The van der Waals surface area contributed by atoms with Gasteiger partial charge in [0, 0.05) is 37.7 Å². The van der Waals surface area contributed by atoms with Gasteiger partial charge in [-0.1, -0.05) is 40.7 Å². The molecule has 6 N–H and O–H groups in total. The van der Waals surface area contributed by atoms with Crippen molar-refractivity contribution < 1.29 is 87.8 Å². The molecular formula is C49H79NO18. The van der Waals surface area contributed by atoms with Crippen molar-refractivity contribution in [2.45, 2.75) is 199 Å². The highest BCUT2D eigenvalue weighted by Gasteiger charge is 2.54. The molecule has 0 amide bonds. The molecule has 68 heavy (non-hydrogen) atoms. The van der Waals surface area contributed by atoms with E-state index in [1.807, 2.05) is 25.9 Å². The van der Waals surface area contributed by atoms with Gasteiger partial charge in [-0.2, -0.15) is 0 Å². The molecule has 3 aliphatic rings. The summed E-state index contributed by atoms with van der Waals surface area (Å²) in [6, 6.07) is 3.72. The highest BCUT2D eigenvalue weighted by molar-refractivity contribution is 6.01. The van der Waals surface area contributed by atoms with Crippen LogP contribution in [0.2, 0.25) is 0 Å². The molecule has 1 aromatic rings. The van der Waals surface area contributed by atoms with E-state index in [4.69, 9.17) is 38.3 Å². The van der Waals surface area contributed by atoms with Gasteiger partial charge in [-0.3, -0.25) is 19.2 Å². The summed E-state index contributed by atoms with van der Waals surface area (Å²) in [5, 5.41) is 64.5. The number of ketones is 2. The number of para-hydroxylation sites is 1. The van der Waals surface area contributed by atoms with Crippen LogP contribution >= 0.6 is 0 Å². The van der Waals surface area contributed by atoms with E-state index in [-0.39, 0.29) is 54.7 Å². The van der Waals surface area contributed by atoms with Crippen molar-refractivity contribution in [2.75, 3.05) is 21.2 Å². The molecule has 0 aliphatic carbocycles. The standard InChI is InChI=1S/C40H71NO14.C9H8O4/c1-15-27-40(11,48)33(44)22(5)30(43)20(3)18-38(9,47)35(55-37-32(53-28(42)16-2)26(41(12)13)17-21(4)50-37)23(6)31(24(7)36(46)52-27)54-29-19-39(10,49-14)34(45)25(8)51-29;1-5(10)6-3-2-4-7(8(6)11)9(12)13/h20-27,29,31-35,37,44-45,47-48H,15-19H2,1-14H3;2-4,11H,1H3,(H,12,13)/t20-,21-,22+,23+,24-,25+,26+,27-,29+,31+,32-,33-,34+,35-,37+,38-,39-,40-;/m1./s1. The zero-order chi connectivity index (χ0) is 52.0. The van der Waals surface area contributed by atoms with E-state index >= 15 is 0 Å². The number of hydrogen-bond donors (Lipinski definition) is 6. The fraction of sp³-hybridized carbons (Fsp3) is 0.776. The Balaban J connectivity index is 0.000000809. The van der Waals surface area contributed by atoms with E-state index in [1.54, 1.807) is 48.5 Å². The van der Waals surface area contributed by atoms with Crippen LogP contribution in [-0.4, -0.2) is 170 Å². The van der Waals surface area contributed by atoms with Crippen molar-refractivity contribution in [3.05, 3.63) is 29.3 Å². The molecule has 0 radical (unpaired) electrons. The largest absolute Gasteiger partial charge is 0.506 e. The molecule has 388 valence electrons. The van der Waals surface area contributed by atoms with Crippen molar-refractivity contribution in [1.29, 1.82) is 0 Å². The Morgan fingerprint density at radius 1 is 0.868 bits per heavy atom. The zero-order valence-electron chi connectivity index (χ0n) is 42.5. The first-order valence-corrected chi connectivity index (χ1v) is 23.5. The lowest BCUT2D eigenvalue weighted by Crippen LogP contribution is -2.61. The predicted octanol–water partition coefficient (Wildman–Crippen LogP) is 4.04. The molecule has 0 spiro atoms. The van der Waals surface area contributed by atoms with Gasteiger partial charge in [0.05, 0.1) is 59.2 Å². The molecule has 1 aromatic carbocycles. The summed E-state index contributed by atoms with van der Waals surface area (Å²) < 4.78 is 43.6. The SMILES string of the molecule is CC(=O)c1cccc(C(=O)O)c1O.CCC(=O)O[C@H]1[C@H](O[C@@H]2[C@@H](C)[C@H](O[C@H]3C[C@@](C)(OC)[C@@H](O)[C@H](C)O3)[C@@H](C)C(=O)O[C@H](CC)[C@@](C)(O)[C@H](O)[C@@H](C)C(=O)[C@H](C)C[C@@]2(C)O)O[C@H](C)C[C@@H]1N(C)C. The number of aromatic hydroxyl groups is 1. The molecule has 3 heterocycles. The summed E-state index contributed by atoms with van der Waals surface area (Å²) in [5.74, 6) is -7.67. The first kappa shape index (κ1) is 58.7. The minimum Gasteiger partial charge on any atom is -0.506 e. The Morgan fingerprint density at radius 3 is 2.00 bits per heavy atom. The fourth-order valence-corrected chi connectivity index (χ4v) is 9.76. The van der Waals surface area contributed by atoms with Crippen LogP contribution in [0.25, 0.3) is 0 Å². The van der Waals surface area contributed by atoms with Crippen LogP contribution in [-0.2, 0) is 47.5 Å². The molecule has 0 aromatic heterocycles. The average Bonchev–Trinajstić information content (AvgIpc) is 3.26. The van der Waals surface area contributed by atoms with Gasteiger partial charge in [-0.25, -0.2) is 4.79 Å². The molecule has 0 saturated carbocycles. The Morgan fingerprint density at radius 2 is 1.47 bits per heavy atom. The zero-order valence-corrected chi connectivity index (χ0v) is 42.5. The summed E-state index contributed by atoms with van der Waals surface area (Å²) >= 11 is 0. The number of benzene rings is 1. The number of esters is 2. The van der Waals surface area contributed by atoms with E-state index in [1.165, 1.54) is 53.0 Å². The number of phenols is 1. The third-order valence-electron chi connectivity index (χ3n) is 14.0. The van der Waals surface area contributed by atoms with Gasteiger partial charge in [0.15, 0.2) is 24.5 Å². The molecular weight excluding hydrogens is 891 g/mol. The molecule has 4 rings (SSSR count). The van der Waals surface area contributed by atoms with Gasteiger partial charge in [-0.15, -0.1) is 0 Å². The van der Waals surface area contributed by atoms with Crippen LogP contribution in [0, 0.1) is 23.7 Å². The first-order chi connectivity index (χ1) is 31.4. The van der Waals surface area contributed by atoms with Crippen LogP contribution in [0.4, 0.5) is 0 Å². The van der Waals surface area contributed by atoms with Gasteiger partial charge in [0.25, 0.3) is 0 Å². The number of likely N-dealkylation sites (N-methyl/N-ethyl adjacent to an activating group) is 1.